The second-order valence-electron chi connectivity index (χ2n) is 10.6. The summed E-state index contributed by atoms with van der Waals surface area (Å²) in [5.74, 6) is 1.33. The fourth-order valence-electron chi connectivity index (χ4n) is 5.83. The number of benzene rings is 4. The highest BCUT2D eigenvalue weighted by Gasteiger charge is 2.53. The molecule has 0 fully saturated rings. The maximum absolute atomic E-state index is 11.9. The van der Waals surface area contributed by atoms with Crippen molar-refractivity contribution < 1.29 is 19.0 Å². The predicted molar refractivity (Wildman–Crippen MR) is 157 cm³/mol. The van der Waals surface area contributed by atoms with E-state index in [1.807, 2.05) is 12.1 Å². The van der Waals surface area contributed by atoms with Crippen molar-refractivity contribution in [3.8, 4) is 22.6 Å². The highest BCUT2D eigenvalue weighted by Crippen LogP contribution is 2.42. The Balaban J connectivity index is 1.74. The molecular formula is C32H33NO4Si. The molecule has 1 atom stereocenters. The van der Waals surface area contributed by atoms with Gasteiger partial charge in [0.15, 0.2) is 8.07 Å². The highest BCUT2D eigenvalue weighted by atomic mass is 28.3. The molecule has 0 aliphatic carbocycles. The number of anilines is 2. The maximum atomic E-state index is 11.9. The molecule has 194 valence electrons. The molecule has 1 heterocycles. The number of esters is 1. The van der Waals surface area contributed by atoms with Crippen molar-refractivity contribution in [1.82, 2.24) is 0 Å². The van der Waals surface area contributed by atoms with E-state index in [-0.39, 0.29) is 11.0 Å². The minimum absolute atomic E-state index is 0.0501. The Hall–Kier alpha value is -4.03. The third kappa shape index (κ3) is 4.05. The van der Waals surface area contributed by atoms with E-state index in [9.17, 15) is 4.79 Å². The molecule has 6 heteroatoms. The number of carbonyl (C=O) groups excluding carboxylic acids is 1. The standard InChI is InChI=1S/C32H33NO4Si/c1-32(2,3)38(26-15-12-24(35-4)13-16-26)29-17-11-23(21-7-9-22(10-8-21)31(34)37-6)19-27(29)33-28-20-25(36-5)14-18-30(28)38/h7-20,33H,1-6H3/t38-/m1/s1. The Bertz CT molecular complexity index is 1490. The quantitative estimate of drug-likeness (QED) is 0.277. The van der Waals surface area contributed by atoms with Gasteiger partial charge in [-0.25, -0.2) is 4.79 Å². The molecule has 4 aromatic rings. The van der Waals surface area contributed by atoms with E-state index in [1.165, 1.54) is 22.7 Å². The molecule has 1 N–H and O–H groups in total. The van der Waals surface area contributed by atoms with Crippen LogP contribution in [0.3, 0.4) is 0 Å². The molecule has 1 aliphatic heterocycles. The normalized spacial score (nSPS) is 16.1. The summed E-state index contributed by atoms with van der Waals surface area (Å²) >= 11 is 0. The molecule has 0 saturated carbocycles. The summed E-state index contributed by atoms with van der Waals surface area (Å²) in [5.41, 5.74) is 4.81. The first-order valence-electron chi connectivity index (χ1n) is 12.7. The zero-order valence-corrected chi connectivity index (χ0v) is 23.7. The lowest BCUT2D eigenvalue weighted by Gasteiger charge is -2.48. The van der Waals surface area contributed by atoms with Crippen LogP contribution in [0, 0.1) is 0 Å². The van der Waals surface area contributed by atoms with Crippen LogP contribution in [-0.2, 0) is 4.74 Å². The number of fused-ring (bicyclic) bond motifs is 2. The van der Waals surface area contributed by atoms with E-state index in [0.717, 1.165) is 34.0 Å². The van der Waals surface area contributed by atoms with Crippen molar-refractivity contribution in [3.05, 3.63) is 90.5 Å². The van der Waals surface area contributed by atoms with Gasteiger partial charge in [0.25, 0.3) is 0 Å². The van der Waals surface area contributed by atoms with E-state index in [2.05, 4.69) is 86.8 Å². The van der Waals surface area contributed by atoms with Crippen molar-refractivity contribution in [1.29, 1.82) is 0 Å². The zero-order chi connectivity index (χ0) is 27.1. The van der Waals surface area contributed by atoms with E-state index < -0.39 is 8.07 Å². The first-order chi connectivity index (χ1) is 18.2. The van der Waals surface area contributed by atoms with Gasteiger partial charge >= 0.3 is 5.97 Å². The summed E-state index contributed by atoms with van der Waals surface area (Å²) in [5, 5.41) is 7.69. The minimum Gasteiger partial charge on any atom is -0.497 e. The molecule has 0 amide bonds. The van der Waals surface area contributed by atoms with Crippen LogP contribution in [-0.4, -0.2) is 35.4 Å². The first kappa shape index (κ1) is 25.6. The number of methoxy groups -OCH3 is 3. The molecule has 4 aromatic carbocycles. The fourth-order valence-corrected chi connectivity index (χ4v) is 11.6. The van der Waals surface area contributed by atoms with Gasteiger partial charge in [0, 0.05) is 17.4 Å². The third-order valence-electron chi connectivity index (χ3n) is 7.61. The number of nitrogens with one attached hydrogen (secondary N) is 1. The second-order valence-corrected chi connectivity index (χ2v) is 15.2. The Morgan fingerprint density at radius 2 is 1.24 bits per heavy atom. The van der Waals surface area contributed by atoms with E-state index in [4.69, 9.17) is 14.2 Å². The van der Waals surface area contributed by atoms with Crippen LogP contribution in [0.25, 0.3) is 11.1 Å². The molecule has 5 nitrogen and oxygen atoms in total. The molecule has 0 radical (unpaired) electrons. The maximum Gasteiger partial charge on any atom is 0.337 e. The Labute approximate surface area is 225 Å². The zero-order valence-electron chi connectivity index (χ0n) is 22.7. The van der Waals surface area contributed by atoms with Crippen LogP contribution in [0.15, 0.2) is 84.9 Å². The smallest absolute Gasteiger partial charge is 0.337 e. The number of ether oxygens (including phenoxy) is 3. The summed E-state index contributed by atoms with van der Waals surface area (Å²) in [6.07, 6.45) is 0. The number of hydrogen-bond acceptors (Lipinski definition) is 5. The van der Waals surface area contributed by atoms with E-state index >= 15 is 0 Å². The highest BCUT2D eigenvalue weighted by molar-refractivity contribution is 7.15. The second kappa shape index (κ2) is 9.69. The van der Waals surface area contributed by atoms with Crippen LogP contribution in [0.5, 0.6) is 11.5 Å². The van der Waals surface area contributed by atoms with Crippen LogP contribution in [0.1, 0.15) is 31.1 Å². The van der Waals surface area contributed by atoms with Crippen LogP contribution >= 0.6 is 0 Å². The summed E-state index contributed by atoms with van der Waals surface area (Å²) < 4.78 is 16.0. The first-order valence-corrected chi connectivity index (χ1v) is 14.7. The average molecular weight is 524 g/mol. The minimum atomic E-state index is -2.56. The lowest BCUT2D eigenvalue weighted by molar-refractivity contribution is 0.0600. The van der Waals surface area contributed by atoms with Crippen molar-refractivity contribution in [2.24, 2.45) is 0 Å². The molecule has 0 saturated heterocycles. The third-order valence-corrected chi connectivity index (χ3v) is 13.5. The molecule has 1 aliphatic rings. The van der Waals surface area contributed by atoms with E-state index in [1.54, 1.807) is 26.4 Å². The van der Waals surface area contributed by atoms with Gasteiger partial charge in [-0.3, -0.25) is 0 Å². The van der Waals surface area contributed by atoms with Gasteiger partial charge in [0.1, 0.15) is 11.5 Å². The lowest BCUT2D eigenvalue weighted by atomic mass is 10.0. The van der Waals surface area contributed by atoms with Gasteiger partial charge in [-0.05, 0) is 68.1 Å². The number of carbonyl (C=O) groups is 1. The van der Waals surface area contributed by atoms with Gasteiger partial charge < -0.3 is 19.5 Å². The van der Waals surface area contributed by atoms with Crippen molar-refractivity contribution in [3.63, 3.8) is 0 Å². The molecule has 0 unspecified atom stereocenters. The molecular weight excluding hydrogens is 490 g/mol. The van der Waals surface area contributed by atoms with Gasteiger partial charge in [-0.15, -0.1) is 0 Å². The Morgan fingerprint density at radius 3 is 1.82 bits per heavy atom. The van der Waals surface area contributed by atoms with Crippen LogP contribution in [0.4, 0.5) is 11.4 Å². The van der Waals surface area contributed by atoms with Crippen LogP contribution in [0.2, 0.25) is 5.04 Å². The van der Waals surface area contributed by atoms with Crippen molar-refractivity contribution in [2.45, 2.75) is 25.8 Å². The van der Waals surface area contributed by atoms with Gasteiger partial charge in [-0.1, -0.05) is 63.2 Å². The van der Waals surface area contributed by atoms with Crippen LogP contribution < -0.4 is 30.4 Å². The molecule has 5 rings (SSSR count). The SMILES string of the molecule is COC(=O)c1ccc(-c2ccc3c(c2)Nc2cc(OC)ccc2[Si@]3(c2ccc(OC)cc2)C(C)(C)C)cc1. The average Bonchev–Trinajstić information content (AvgIpc) is 2.94. The predicted octanol–water partition coefficient (Wildman–Crippen LogP) is 5.48. The summed E-state index contributed by atoms with van der Waals surface area (Å²) in [6.45, 7) is 7.06. The van der Waals surface area contributed by atoms with E-state index in [0.29, 0.717) is 5.56 Å². The van der Waals surface area contributed by atoms with Crippen molar-refractivity contribution >= 4 is 41.0 Å². The van der Waals surface area contributed by atoms with Gasteiger partial charge in [-0.2, -0.15) is 0 Å². The fraction of sp³-hybridized carbons (Fsp3) is 0.219. The number of rotatable bonds is 5. The lowest BCUT2D eigenvalue weighted by Crippen LogP contribution is -2.74. The summed E-state index contributed by atoms with van der Waals surface area (Å²) in [7, 11) is 2.24. The van der Waals surface area contributed by atoms with Gasteiger partial charge in [0.2, 0.25) is 0 Å². The Kier molecular flexibility index (Phi) is 6.53. The van der Waals surface area contributed by atoms with Gasteiger partial charge in [0.05, 0.1) is 26.9 Å². The molecule has 0 aromatic heterocycles. The summed E-state index contributed by atoms with van der Waals surface area (Å²) in [4.78, 5) is 11.9. The topological polar surface area (TPSA) is 56.8 Å². The largest absolute Gasteiger partial charge is 0.497 e. The molecule has 0 spiro atoms. The Morgan fingerprint density at radius 1 is 0.684 bits per heavy atom. The molecule has 0 bridgehead atoms. The molecule has 38 heavy (non-hydrogen) atoms. The monoisotopic (exact) mass is 523 g/mol. The number of hydrogen-bond donors (Lipinski definition) is 1. The van der Waals surface area contributed by atoms with Crippen molar-refractivity contribution in [2.75, 3.05) is 26.6 Å². The summed E-state index contributed by atoms with van der Waals surface area (Å²) in [6, 6.07) is 29.3.